The summed E-state index contributed by atoms with van der Waals surface area (Å²) in [4.78, 5) is 14.2. The number of carbonyl (C=O) groups excluding carboxylic acids is 1. The first-order chi connectivity index (χ1) is 10.1. The highest BCUT2D eigenvalue weighted by Crippen LogP contribution is 2.44. The molecular formula is C16H23N3O2. The molecule has 0 bridgehead atoms. The molecule has 5 nitrogen and oxygen atoms in total. The Hall–Kier alpha value is -1.75. The molecule has 3 N–H and O–H groups in total. The van der Waals surface area contributed by atoms with Crippen molar-refractivity contribution in [3.8, 4) is 0 Å². The molecule has 0 radical (unpaired) electrons. The largest absolute Gasteiger partial charge is 0.468 e. The number of benzene rings is 1. The molecule has 0 atom stereocenters. The first-order valence-corrected chi connectivity index (χ1v) is 7.59. The fourth-order valence-corrected chi connectivity index (χ4v) is 3.27. The zero-order valence-electron chi connectivity index (χ0n) is 12.5. The maximum absolute atomic E-state index is 11.9. The molecule has 0 unspecified atom stereocenters. The zero-order chi connectivity index (χ0) is 14.9. The molecule has 1 heterocycles. The topological polar surface area (TPSA) is 67.6 Å². The minimum Gasteiger partial charge on any atom is -0.468 e. The van der Waals surface area contributed by atoms with Crippen LogP contribution in [-0.2, 0) is 9.53 Å². The van der Waals surface area contributed by atoms with E-state index in [-0.39, 0.29) is 11.5 Å². The van der Waals surface area contributed by atoms with Gasteiger partial charge in [-0.3, -0.25) is 9.69 Å². The van der Waals surface area contributed by atoms with Gasteiger partial charge in [0.1, 0.15) is 5.54 Å². The molecule has 1 aliphatic heterocycles. The fourth-order valence-electron chi connectivity index (χ4n) is 3.27. The molecule has 21 heavy (non-hydrogen) atoms. The van der Waals surface area contributed by atoms with Crippen LogP contribution in [0.25, 0.3) is 0 Å². The van der Waals surface area contributed by atoms with Gasteiger partial charge in [-0.1, -0.05) is 6.07 Å². The highest BCUT2D eigenvalue weighted by Gasteiger charge is 2.56. The second-order valence-electron chi connectivity index (χ2n) is 6.05. The van der Waals surface area contributed by atoms with E-state index >= 15 is 0 Å². The first kappa shape index (κ1) is 14.2. The standard InChI is InChI=1S/C16H23N3O2/c1-21-15(20)16(7-8-16)19-9-5-13(6-10-19)18-14-4-2-3-12(17)11-14/h2-4,11,13,18H,5-10,17H2,1H3. The Morgan fingerprint density at radius 1 is 1.38 bits per heavy atom. The van der Waals surface area contributed by atoms with Crippen LogP contribution >= 0.6 is 0 Å². The van der Waals surface area contributed by atoms with Crippen LogP contribution in [0, 0.1) is 0 Å². The maximum atomic E-state index is 11.9. The summed E-state index contributed by atoms with van der Waals surface area (Å²) in [6.07, 6.45) is 3.95. The van der Waals surface area contributed by atoms with Gasteiger partial charge in [0.05, 0.1) is 7.11 Å². The number of nitrogens with zero attached hydrogens (tertiary/aromatic N) is 1. The third kappa shape index (κ3) is 2.83. The maximum Gasteiger partial charge on any atom is 0.326 e. The van der Waals surface area contributed by atoms with Crippen molar-refractivity contribution in [1.29, 1.82) is 0 Å². The molecule has 3 rings (SSSR count). The van der Waals surface area contributed by atoms with Crippen LogP contribution in [0.5, 0.6) is 0 Å². The van der Waals surface area contributed by atoms with E-state index in [4.69, 9.17) is 10.5 Å². The van der Waals surface area contributed by atoms with E-state index in [1.165, 1.54) is 7.11 Å². The molecule has 0 spiro atoms. The van der Waals surface area contributed by atoms with Crippen LogP contribution in [0.3, 0.4) is 0 Å². The highest BCUT2D eigenvalue weighted by molar-refractivity contribution is 5.84. The Morgan fingerprint density at radius 3 is 2.67 bits per heavy atom. The summed E-state index contributed by atoms with van der Waals surface area (Å²) in [5.74, 6) is -0.0651. The molecule has 2 fully saturated rings. The number of hydrogen-bond acceptors (Lipinski definition) is 5. The number of nitrogens with two attached hydrogens (primary N) is 1. The first-order valence-electron chi connectivity index (χ1n) is 7.59. The number of anilines is 2. The molecule has 2 aliphatic rings. The Morgan fingerprint density at radius 2 is 2.10 bits per heavy atom. The molecule has 1 aromatic rings. The summed E-state index contributed by atoms with van der Waals surface area (Å²) in [5.41, 5.74) is 7.34. The van der Waals surface area contributed by atoms with Crippen molar-refractivity contribution in [1.82, 2.24) is 4.90 Å². The van der Waals surface area contributed by atoms with Crippen LogP contribution < -0.4 is 11.1 Å². The Balaban J connectivity index is 1.55. The second-order valence-corrected chi connectivity index (χ2v) is 6.05. The summed E-state index contributed by atoms with van der Waals surface area (Å²) in [6.45, 7) is 1.88. The molecule has 1 saturated carbocycles. The molecule has 0 aromatic heterocycles. The number of nitrogen functional groups attached to an aromatic ring is 1. The van der Waals surface area contributed by atoms with E-state index in [0.29, 0.717) is 6.04 Å². The number of carbonyl (C=O) groups is 1. The van der Waals surface area contributed by atoms with Crippen LogP contribution in [0.1, 0.15) is 25.7 Å². The lowest BCUT2D eigenvalue weighted by molar-refractivity contribution is -0.149. The van der Waals surface area contributed by atoms with Crippen LogP contribution in [-0.4, -0.2) is 42.6 Å². The number of esters is 1. The SMILES string of the molecule is COC(=O)C1(N2CCC(Nc3cccc(N)c3)CC2)CC1. The summed E-state index contributed by atoms with van der Waals surface area (Å²) in [6, 6.07) is 8.30. The third-order valence-electron chi connectivity index (χ3n) is 4.65. The average molecular weight is 289 g/mol. The van der Waals surface area contributed by atoms with Crippen molar-refractivity contribution >= 4 is 17.3 Å². The normalized spacial score (nSPS) is 21.8. The highest BCUT2D eigenvalue weighted by atomic mass is 16.5. The number of hydrogen-bond donors (Lipinski definition) is 2. The third-order valence-corrected chi connectivity index (χ3v) is 4.65. The van der Waals surface area contributed by atoms with Gasteiger partial charge in [-0.2, -0.15) is 0 Å². The van der Waals surface area contributed by atoms with E-state index < -0.39 is 0 Å². The van der Waals surface area contributed by atoms with Gasteiger partial charge in [-0.25, -0.2) is 0 Å². The van der Waals surface area contributed by atoms with E-state index in [1.54, 1.807) is 0 Å². The van der Waals surface area contributed by atoms with Gasteiger partial charge in [-0.15, -0.1) is 0 Å². The summed E-state index contributed by atoms with van der Waals surface area (Å²) in [7, 11) is 1.48. The molecule has 1 aliphatic carbocycles. The van der Waals surface area contributed by atoms with Gasteiger partial charge in [0, 0.05) is 30.5 Å². The Kier molecular flexibility index (Phi) is 3.76. The Labute approximate surface area is 125 Å². The average Bonchev–Trinajstić information content (AvgIpc) is 3.29. The minimum atomic E-state index is -0.309. The van der Waals surface area contributed by atoms with Gasteiger partial charge < -0.3 is 15.8 Å². The van der Waals surface area contributed by atoms with Gasteiger partial charge in [0.25, 0.3) is 0 Å². The van der Waals surface area contributed by atoms with Crippen molar-refractivity contribution in [3.63, 3.8) is 0 Å². The summed E-state index contributed by atoms with van der Waals surface area (Å²) in [5, 5.41) is 3.53. The minimum absolute atomic E-state index is 0.0651. The van der Waals surface area contributed by atoms with E-state index in [2.05, 4.69) is 10.2 Å². The predicted octanol–water partition coefficient (Wildman–Crippen LogP) is 1.85. The van der Waals surface area contributed by atoms with Gasteiger partial charge in [0.15, 0.2) is 0 Å². The molecule has 1 aromatic carbocycles. The molecule has 5 heteroatoms. The van der Waals surface area contributed by atoms with Crippen molar-refractivity contribution in [3.05, 3.63) is 24.3 Å². The number of piperidine rings is 1. The van der Waals surface area contributed by atoms with Crippen LogP contribution in [0.15, 0.2) is 24.3 Å². The van der Waals surface area contributed by atoms with E-state index in [9.17, 15) is 4.79 Å². The lowest BCUT2D eigenvalue weighted by atomic mass is 10.0. The van der Waals surface area contributed by atoms with E-state index in [0.717, 1.165) is 50.1 Å². The predicted molar refractivity (Wildman–Crippen MR) is 83.1 cm³/mol. The van der Waals surface area contributed by atoms with Crippen LogP contribution in [0.4, 0.5) is 11.4 Å². The summed E-state index contributed by atoms with van der Waals surface area (Å²) >= 11 is 0. The summed E-state index contributed by atoms with van der Waals surface area (Å²) < 4.78 is 4.96. The number of nitrogens with one attached hydrogen (secondary N) is 1. The van der Waals surface area contributed by atoms with E-state index in [1.807, 2.05) is 24.3 Å². The van der Waals surface area contributed by atoms with Crippen molar-refractivity contribution in [2.75, 3.05) is 31.2 Å². The van der Waals surface area contributed by atoms with Gasteiger partial charge >= 0.3 is 5.97 Å². The molecule has 0 amide bonds. The number of ether oxygens (including phenoxy) is 1. The second kappa shape index (κ2) is 5.56. The number of methoxy groups -OCH3 is 1. The quantitative estimate of drug-likeness (QED) is 0.654. The van der Waals surface area contributed by atoms with Crippen molar-refractivity contribution < 1.29 is 9.53 Å². The van der Waals surface area contributed by atoms with Crippen molar-refractivity contribution in [2.24, 2.45) is 0 Å². The molecular weight excluding hydrogens is 266 g/mol. The van der Waals surface area contributed by atoms with Gasteiger partial charge in [-0.05, 0) is 43.9 Å². The zero-order valence-corrected chi connectivity index (χ0v) is 12.5. The van der Waals surface area contributed by atoms with Crippen molar-refractivity contribution in [2.45, 2.75) is 37.3 Å². The van der Waals surface area contributed by atoms with Gasteiger partial charge in [0.2, 0.25) is 0 Å². The smallest absolute Gasteiger partial charge is 0.326 e. The lowest BCUT2D eigenvalue weighted by Gasteiger charge is -2.37. The monoisotopic (exact) mass is 289 g/mol. The number of rotatable bonds is 4. The molecule has 1 saturated heterocycles. The fraction of sp³-hybridized carbons (Fsp3) is 0.562. The van der Waals surface area contributed by atoms with Crippen LogP contribution in [0.2, 0.25) is 0 Å². The lowest BCUT2D eigenvalue weighted by Crippen LogP contribution is -2.50. The molecule has 114 valence electrons. The number of likely N-dealkylation sites (tertiary alicyclic amines) is 1. The Bertz CT molecular complexity index is 520.